The lowest BCUT2D eigenvalue weighted by Crippen LogP contribution is -2.59. The van der Waals surface area contributed by atoms with Gasteiger partial charge in [0, 0.05) is 18.8 Å². The fraction of sp³-hybridized carbons (Fsp3) is 0.640. The third kappa shape index (κ3) is 2.60. The molecule has 0 spiro atoms. The molecule has 0 aliphatic heterocycles. The molecule has 3 saturated carbocycles. The first-order chi connectivity index (χ1) is 13.7. The first-order valence-corrected chi connectivity index (χ1v) is 11.0. The van der Waals surface area contributed by atoms with E-state index in [2.05, 4.69) is 20.1 Å². The van der Waals surface area contributed by atoms with Gasteiger partial charge in [-0.1, -0.05) is 31.2 Å². The first-order valence-electron chi connectivity index (χ1n) is 11.0. The van der Waals surface area contributed by atoms with Crippen LogP contribution in [-0.4, -0.2) is 23.1 Å². The molecular weight excluding hydrogens is 364 g/mol. The summed E-state index contributed by atoms with van der Waals surface area (Å²) in [6.07, 6.45) is 7.48. The zero-order chi connectivity index (χ0) is 21.1. The Morgan fingerprint density at radius 3 is 2.55 bits per heavy atom. The predicted octanol–water partition coefficient (Wildman–Crippen LogP) is 4.74. The minimum Gasteiger partial charge on any atom is -0.446 e. The lowest BCUT2D eigenvalue weighted by Gasteiger charge is -2.57. The third-order valence-corrected chi connectivity index (χ3v) is 8.51. The van der Waals surface area contributed by atoms with Gasteiger partial charge in [0.25, 0.3) is 0 Å². The highest BCUT2D eigenvalue weighted by atomic mass is 16.6. The SMILES string of the molecule is C=C1C[C@@]2(CC)[C@@H](CC(=C)[C@]2(OC(C)=O)C(C)=O)[C@@H]2CCC3=CC(=O)CC[C@@H]3[C@@H]12. The molecule has 0 N–H and O–H groups in total. The van der Waals surface area contributed by atoms with Gasteiger partial charge in [0.2, 0.25) is 0 Å². The first kappa shape index (κ1) is 20.3. The quantitative estimate of drug-likeness (QED) is 0.511. The molecule has 4 nitrogen and oxygen atoms in total. The molecule has 6 atom stereocenters. The Labute approximate surface area is 173 Å². The summed E-state index contributed by atoms with van der Waals surface area (Å²) in [6.45, 7) is 13.8. The Morgan fingerprint density at radius 2 is 1.93 bits per heavy atom. The number of allylic oxidation sites excluding steroid dienone is 2. The second-order valence-electron chi connectivity index (χ2n) is 9.65. The van der Waals surface area contributed by atoms with Gasteiger partial charge in [0.05, 0.1) is 0 Å². The molecule has 29 heavy (non-hydrogen) atoms. The predicted molar refractivity (Wildman–Crippen MR) is 111 cm³/mol. The molecule has 0 unspecified atom stereocenters. The highest BCUT2D eigenvalue weighted by Gasteiger charge is 2.70. The molecule has 0 aromatic heterocycles. The Hall–Kier alpha value is -1.97. The molecule has 0 aromatic carbocycles. The number of fused-ring (bicyclic) bond motifs is 5. The second-order valence-corrected chi connectivity index (χ2v) is 9.65. The van der Waals surface area contributed by atoms with Crippen LogP contribution in [0.4, 0.5) is 0 Å². The second kappa shape index (κ2) is 6.78. The van der Waals surface area contributed by atoms with E-state index in [0.717, 1.165) is 43.3 Å². The molecule has 0 radical (unpaired) electrons. The molecule has 156 valence electrons. The summed E-state index contributed by atoms with van der Waals surface area (Å²) in [5.74, 6) is 1.08. The summed E-state index contributed by atoms with van der Waals surface area (Å²) in [4.78, 5) is 37.1. The van der Waals surface area contributed by atoms with Crippen molar-refractivity contribution in [3.8, 4) is 0 Å². The number of hydrogen-bond donors (Lipinski definition) is 0. The van der Waals surface area contributed by atoms with Crippen molar-refractivity contribution in [3.63, 3.8) is 0 Å². The maximum atomic E-state index is 13.0. The van der Waals surface area contributed by atoms with Crippen LogP contribution in [-0.2, 0) is 19.1 Å². The molecule has 0 saturated heterocycles. The highest BCUT2D eigenvalue weighted by Crippen LogP contribution is 2.69. The fourth-order valence-corrected chi connectivity index (χ4v) is 7.64. The van der Waals surface area contributed by atoms with Crippen LogP contribution in [0.3, 0.4) is 0 Å². The Morgan fingerprint density at radius 1 is 1.21 bits per heavy atom. The maximum absolute atomic E-state index is 13.0. The zero-order valence-electron chi connectivity index (χ0n) is 17.9. The van der Waals surface area contributed by atoms with Gasteiger partial charge in [-0.2, -0.15) is 0 Å². The number of esters is 1. The van der Waals surface area contributed by atoms with Gasteiger partial charge in [-0.15, -0.1) is 0 Å². The van der Waals surface area contributed by atoms with E-state index in [1.165, 1.54) is 19.4 Å². The van der Waals surface area contributed by atoms with Gasteiger partial charge in [-0.25, -0.2) is 0 Å². The van der Waals surface area contributed by atoms with E-state index in [9.17, 15) is 14.4 Å². The fourth-order valence-electron chi connectivity index (χ4n) is 7.64. The van der Waals surface area contributed by atoms with Gasteiger partial charge >= 0.3 is 5.97 Å². The van der Waals surface area contributed by atoms with Gasteiger partial charge < -0.3 is 4.74 Å². The molecular formula is C25H32O4. The smallest absolute Gasteiger partial charge is 0.303 e. The van der Waals surface area contributed by atoms with Crippen LogP contribution < -0.4 is 0 Å². The standard InChI is InChI=1S/C25H32O4/c1-6-24-13-14(2)23-20-10-8-19(28)12-18(20)7-9-21(23)22(24)11-15(3)25(24,16(4)26)29-17(5)27/h12,20-23H,2-3,6-11,13H2,1,4-5H3/t20-,21-,22-,23+,24-,25-/m0/s1. The Bertz CT molecular complexity index is 849. The lowest BCUT2D eigenvalue weighted by molar-refractivity contribution is -0.180. The number of hydrogen-bond acceptors (Lipinski definition) is 4. The van der Waals surface area contributed by atoms with Crippen molar-refractivity contribution in [1.82, 2.24) is 0 Å². The van der Waals surface area contributed by atoms with Crippen LogP contribution in [0.25, 0.3) is 0 Å². The zero-order valence-corrected chi connectivity index (χ0v) is 17.9. The summed E-state index contributed by atoms with van der Waals surface area (Å²) in [7, 11) is 0. The topological polar surface area (TPSA) is 60.4 Å². The van der Waals surface area contributed by atoms with Crippen LogP contribution >= 0.6 is 0 Å². The molecule has 4 aliphatic rings. The summed E-state index contributed by atoms with van der Waals surface area (Å²) in [6, 6.07) is 0. The average Bonchev–Trinajstić information content (AvgIpc) is 2.90. The molecule has 4 rings (SSSR count). The minimum atomic E-state index is -1.25. The van der Waals surface area contributed by atoms with E-state index in [0.29, 0.717) is 30.6 Å². The summed E-state index contributed by atoms with van der Waals surface area (Å²) in [5.41, 5.74) is 1.49. The lowest BCUT2D eigenvalue weighted by atomic mass is 9.47. The van der Waals surface area contributed by atoms with Crippen LogP contribution in [0.2, 0.25) is 0 Å². The molecule has 4 aliphatic carbocycles. The van der Waals surface area contributed by atoms with Crippen molar-refractivity contribution < 1.29 is 19.1 Å². The number of rotatable bonds is 3. The van der Waals surface area contributed by atoms with Crippen molar-refractivity contribution in [3.05, 3.63) is 36.0 Å². The van der Waals surface area contributed by atoms with Gasteiger partial charge in [0.1, 0.15) is 0 Å². The van der Waals surface area contributed by atoms with Crippen LogP contribution in [0.15, 0.2) is 36.0 Å². The largest absolute Gasteiger partial charge is 0.446 e. The van der Waals surface area contributed by atoms with Crippen molar-refractivity contribution in [2.75, 3.05) is 0 Å². The number of carbonyl (C=O) groups excluding carboxylic acids is 3. The molecule has 4 heteroatoms. The summed E-state index contributed by atoms with van der Waals surface area (Å²) >= 11 is 0. The van der Waals surface area contributed by atoms with E-state index >= 15 is 0 Å². The monoisotopic (exact) mass is 396 g/mol. The van der Waals surface area contributed by atoms with E-state index in [1.807, 2.05) is 6.08 Å². The normalized spacial score (nSPS) is 41.2. The number of ether oxygens (including phenoxy) is 1. The number of ketones is 2. The Balaban J connectivity index is 1.81. The highest BCUT2D eigenvalue weighted by molar-refractivity contribution is 5.93. The minimum absolute atomic E-state index is 0.118. The van der Waals surface area contributed by atoms with Crippen molar-refractivity contribution in [2.45, 2.75) is 71.3 Å². The maximum Gasteiger partial charge on any atom is 0.303 e. The van der Waals surface area contributed by atoms with E-state index in [-0.39, 0.29) is 17.5 Å². The van der Waals surface area contributed by atoms with E-state index < -0.39 is 17.0 Å². The third-order valence-electron chi connectivity index (χ3n) is 8.51. The van der Waals surface area contributed by atoms with E-state index in [4.69, 9.17) is 4.74 Å². The van der Waals surface area contributed by atoms with Crippen LogP contribution in [0, 0.1) is 29.1 Å². The average molecular weight is 397 g/mol. The number of Topliss-reactive ketones (excluding diaryl/α,β-unsaturated/α-hetero) is 1. The molecule has 3 fully saturated rings. The number of carbonyl (C=O) groups is 3. The molecule has 0 heterocycles. The van der Waals surface area contributed by atoms with Gasteiger partial charge in [-0.05, 0) is 80.8 Å². The summed E-state index contributed by atoms with van der Waals surface area (Å²) in [5, 5.41) is 0. The van der Waals surface area contributed by atoms with Crippen molar-refractivity contribution >= 4 is 17.5 Å². The van der Waals surface area contributed by atoms with E-state index in [1.54, 1.807) is 0 Å². The van der Waals surface area contributed by atoms with Crippen LogP contribution in [0.5, 0.6) is 0 Å². The molecule has 0 amide bonds. The van der Waals surface area contributed by atoms with Crippen molar-refractivity contribution in [2.24, 2.45) is 29.1 Å². The van der Waals surface area contributed by atoms with Crippen molar-refractivity contribution in [1.29, 1.82) is 0 Å². The molecule has 0 bridgehead atoms. The summed E-state index contributed by atoms with van der Waals surface area (Å²) < 4.78 is 5.90. The van der Waals surface area contributed by atoms with Gasteiger partial charge in [-0.3, -0.25) is 14.4 Å². The Kier molecular flexibility index (Phi) is 4.75. The molecule has 0 aromatic rings. The van der Waals surface area contributed by atoms with Gasteiger partial charge in [0.15, 0.2) is 17.2 Å². The van der Waals surface area contributed by atoms with Crippen LogP contribution in [0.1, 0.15) is 65.7 Å².